The topological polar surface area (TPSA) is 78.4 Å². The van der Waals surface area contributed by atoms with Crippen LogP contribution in [0.3, 0.4) is 0 Å². The van der Waals surface area contributed by atoms with Crippen molar-refractivity contribution in [2.75, 3.05) is 45.7 Å². The van der Waals surface area contributed by atoms with Gasteiger partial charge in [-0.15, -0.1) is 0 Å². The number of aromatic amines is 1. The van der Waals surface area contributed by atoms with Gasteiger partial charge in [0.15, 0.2) is 10.6 Å². The number of methoxy groups -OCH3 is 1. The number of nitrogens with zero attached hydrogens (tertiary/aromatic N) is 4. The number of anilines is 1. The van der Waals surface area contributed by atoms with E-state index in [9.17, 15) is 4.79 Å². The highest BCUT2D eigenvalue weighted by molar-refractivity contribution is 7.71. The number of ether oxygens (including phenoxy) is 1. The summed E-state index contributed by atoms with van der Waals surface area (Å²) in [5.74, 6) is 1.41. The molecule has 0 radical (unpaired) electrons. The van der Waals surface area contributed by atoms with Crippen LogP contribution in [0, 0.1) is 4.77 Å². The lowest BCUT2D eigenvalue weighted by molar-refractivity contribution is -0.116. The summed E-state index contributed by atoms with van der Waals surface area (Å²) in [5, 5.41) is 10.2. The number of H-pyrrole nitrogens is 1. The standard InChI is InChI=1S/C24H30N6O2S/c1-28-12-14-29(15-13-28)17-18-4-3-5-20(16-18)25-22(31)10-11-30-23(26-27-24(30)33)19-6-8-21(32-2)9-7-19/h3-9,16H,10-15,17H2,1-2H3,(H,25,31)(H,27,33). The van der Waals surface area contributed by atoms with Gasteiger partial charge in [0.05, 0.1) is 7.11 Å². The lowest BCUT2D eigenvalue weighted by Crippen LogP contribution is -2.43. The Kier molecular flexibility index (Phi) is 7.54. The van der Waals surface area contributed by atoms with Crippen LogP contribution in [0.5, 0.6) is 5.75 Å². The Morgan fingerprint density at radius 1 is 1.15 bits per heavy atom. The minimum absolute atomic E-state index is 0.0597. The van der Waals surface area contributed by atoms with Crippen molar-refractivity contribution in [1.29, 1.82) is 0 Å². The first-order valence-electron chi connectivity index (χ1n) is 11.1. The summed E-state index contributed by atoms with van der Waals surface area (Å²) >= 11 is 5.39. The average molecular weight is 467 g/mol. The molecule has 0 unspecified atom stereocenters. The quantitative estimate of drug-likeness (QED) is 0.496. The van der Waals surface area contributed by atoms with E-state index in [1.165, 1.54) is 5.56 Å². The first kappa shape index (κ1) is 23.2. The molecular formula is C24H30N6O2S. The molecule has 3 aromatic rings. The lowest BCUT2D eigenvalue weighted by Gasteiger charge is -2.32. The molecule has 0 atom stereocenters. The summed E-state index contributed by atoms with van der Waals surface area (Å²) in [7, 11) is 3.79. The summed E-state index contributed by atoms with van der Waals surface area (Å²) in [6.45, 7) is 5.64. The van der Waals surface area contributed by atoms with Gasteiger partial charge >= 0.3 is 0 Å². The highest BCUT2D eigenvalue weighted by Crippen LogP contribution is 2.21. The fraction of sp³-hybridized carbons (Fsp3) is 0.375. The molecule has 2 aromatic carbocycles. The molecule has 8 nitrogen and oxygen atoms in total. The van der Waals surface area contributed by atoms with Gasteiger partial charge in [-0.1, -0.05) is 12.1 Å². The number of carbonyl (C=O) groups is 1. The third kappa shape index (κ3) is 6.07. The number of rotatable bonds is 8. The van der Waals surface area contributed by atoms with Gasteiger partial charge in [0.1, 0.15) is 5.75 Å². The van der Waals surface area contributed by atoms with Crippen LogP contribution >= 0.6 is 12.2 Å². The fourth-order valence-electron chi connectivity index (χ4n) is 3.93. The number of aromatic nitrogens is 3. The van der Waals surface area contributed by atoms with Gasteiger partial charge in [-0.3, -0.25) is 19.4 Å². The monoisotopic (exact) mass is 466 g/mol. The van der Waals surface area contributed by atoms with Crippen molar-refractivity contribution in [2.45, 2.75) is 19.5 Å². The zero-order chi connectivity index (χ0) is 23.2. The number of hydrogen-bond donors (Lipinski definition) is 2. The van der Waals surface area contributed by atoms with Crippen LogP contribution in [0.15, 0.2) is 48.5 Å². The van der Waals surface area contributed by atoms with E-state index in [0.29, 0.717) is 23.6 Å². The average Bonchev–Trinajstić information content (AvgIpc) is 3.20. The van der Waals surface area contributed by atoms with Crippen molar-refractivity contribution in [3.05, 3.63) is 58.9 Å². The number of amides is 1. The predicted molar refractivity (Wildman–Crippen MR) is 132 cm³/mol. The number of likely N-dealkylation sites (N-methyl/N-ethyl adjacent to an activating group) is 1. The van der Waals surface area contributed by atoms with Gasteiger partial charge in [0, 0.05) is 56.9 Å². The Labute approximate surface area is 199 Å². The summed E-state index contributed by atoms with van der Waals surface area (Å²) in [5.41, 5.74) is 2.93. The van der Waals surface area contributed by atoms with Crippen LogP contribution in [0.4, 0.5) is 5.69 Å². The van der Waals surface area contributed by atoms with Gasteiger partial charge in [-0.05, 0) is 61.2 Å². The molecule has 0 spiro atoms. The van der Waals surface area contributed by atoms with Crippen LogP contribution in [-0.4, -0.2) is 70.8 Å². The maximum absolute atomic E-state index is 12.7. The molecule has 174 valence electrons. The third-order valence-corrected chi connectivity index (χ3v) is 6.19. The molecule has 0 bridgehead atoms. The van der Waals surface area contributed by atoms with E-state index < -0.39 is 0 Å². The van der Waals surface area contributed by atoms with Crippen LogP contribution in [0.25, 0.3) is 11.4 Å². The second-order valence-corrected chi connectivity index (χ2v) is 8.70. The second kappa shape index (κ2) is 10.7. The zero-order valence-corrected chi connectivity index (χ0v) is 19.9. The molecule has 2 heterocycles. The summed E-state index contributed by atoms with van der Waals surface area (Å²) in [6, 6.07) is 15.7. The Balaban J connectivity index is 1.35. The molecule has 9 heteroatoms. The summed E-state index contributed by atoms with van der Waals surface area (Å²) < 4.78 is 7.55. The van der Waals surface area contributed by atoms with Crippen molar-refractivity contribution in [3.8, 4) is 17.1 Å². The van der Waals surface area contributed by atoms with Crippen molar-refractivity contribution in [2.24, 2.45) is 0 Å². The molecular weight excluding hydrogens is 436 g/mol. The molecule has 1 fully saturated rings. The van der Waals surface area contributed by atoms with Crippen molar-refractivity contribution < 1.29 is 9.53 Å². The Bertz CT molecular complexity index is 1130. The summed E-state index contributed by atoms with van der Waals surface area (Å²) in [4.78, 5) is 17.5. The Hall–Kier alpha value is -3.01. The Morgan fingerprint density at radius 3 is 2.64 bits per heavy atom. The third-order valence-electron chi connectivity index (χ3n) is 5.88. The molecule has 1 amide bonds. The number of carbonyl (C=O) groups excluding carboxylic acids is 1. The van der Waals surface area contributed by atoms with Gasteiger partial charge in [-0.2, -0.15) is 5.10 Å². The van der Waals surface area contributed by atoms with Gasteiger partial charge in [-0.25, -0.2) is 0 Å². The predicted octanol–water partition coefficient (Wildman–Crippen LogP) is 3.39. The molecule has 0 aliphatic carbocycles. The molecule has 1 aliphatic heterocycles. The first-order chi connectivity index (χ1) is 16.0. The smallest absolute Gasteiger partial charge is 0.226 e. The number of nitrogens with one attached hydrogen (secondary N) is 2. The maximum Gasteiger partial charge on any atom is 0.226 e. The van der Waals surface area contributed by atoms with E-state index >= 15 is 0 Å². The van der Waals surface area contributed by atoms with Crippen LogP contribution in [0.1, 0.15) is 12.0 Å². The van der Waals surface area contributed by atoms with Gasteiger partial charge in [0.2, 0.25) is 5.91 Å². The van der Waals surface area contributed by atoms with E-state index in [1.54, 1.807) is 7.11 Å². The maximum atomic E-state index is 12.7. The molecule has 1 aromatic heterocycles. The largest absolute Gasteiger partial charge is 0.497 e. The van der Waals surface area contributed by atoms with E-state index in [2.05, 4.69) is 44.5 Å². The van der Waals surface area contributed by atoms with Crippen molar-refractivity contribution >= 4 is 23.8 Å². The number of benzene rings is 2. The SMILES string of the molecule is COc1ccc(-c2n[nH]c(=S)n2CCC(=O)Nc2cccc(CN3CCN(C)CC3)c2)cc1. The van der Waals surface area contributed by atoms with Gasteiger partial charge < -0.3 is 15.0 Å². The normalized spacial score (nSPS) is 14.8. The van der Waals surface area contributed by atoms with Crippen molar-refractivity contribution in [3.63, 3.8) is 0 Å². The van der Waals surface area contributed by atoms with Crippen molar-refractivity contribution in [1.82, 2.24) is 24.6 Å². The molecule has 1 saturated heterocycles. The molecule has 4 rings (SSSR count). The molecule has 0 saturated carbocycles. The fourth-order valence-corrected chi connectivity index (χ4v) is 4.16. The van der Waals surface area contributed by atoms with E-state index in [-0.39, 0.29) is 5.91 Å². The molecule has 2 N–H and O–H groups in total. The van der Waals surface area contributed by atoms with Crippen LogP contribution < -0.4 is 10.1 Å². The van der Waals surface area contributed by atoms with E-state index in [0.717, 1.165) is 49.7 Å². The zero-order valence-electron chi connectivity index (χ0n) is 19.1. The van der Waals surface area contributed by atoms with Gasteiger partial charge in [0.25, 0.3) is 0 Å². The molecule has 33 heavy (non-hydrogen) atoms. The first-order valence-corrected chi connectivity index (χ1v) is 11.5. The minimum atomic E-state index is -0.0597. The highest BCUT2D eigenvalue weighted by atomic mass is 32.1. The number of hydrogen-bond acceptors (Lipinski definition) is 6. The second-order valence-electron chi connectivity index (χ2n) is 8.31. The minimum Gasteiger partial charge on any atom is -0.497 e. The van der Waals surface area contributed by atoms with Crippen LogP contribution in [0.2, 0.25) is 0 Å². The van der Waals surface area contributed by atoms with E-state index in [1.807, 2.05) is 41.0 Å². The number of piperazine rings is 1. The highest BCUT2D eigenvalue weighted by Gasteiger charge is 2.15. The van der Waals surface area contributed by atoms with E-state index in [4.69, 9.17) is 17.0 Å². The Morgan fingerprint density at radius 2 is 1.91 bits per heavy atom. The lowest BCUT2D eigenvalue weighted by atomic mass is 10.1. The summed E-state index contributed by atoms with van der Waals surface area (Å²) in [6.07, 6.45) is 0.291. The van der Waals surface area contributed by atoms with Crippen LogP contribution in [-0.2, 0) is 17.9 Å². The molecule has 1 aliphatic rings.